The van der Waals surface area contributed by atoms with Gasteiger partial charge in [0.1, 0.15) is 0 Å². The number of hydrogen-bond acceptors (Lipinski definition) is 4. The molecule has 0 aromatic carbocycles. The monoisotopic (exact) mass is 303 g/mol. The summed E-state index contributed by atoms with van der Waals surface area (Å²) in [4.78, 5) is 2.38. The molecule has 2 aromatic rings. The summed E-state index contributed by atoms with van der Waals surface area (Å²) in [7, 11) is 1.96. The van der Waals surface area contributed by atoms with Gasteiger partial charge in [-0.15, -0.1) is 0 Å². The van der Waals surface area contributed by atoms with Gasteiger partial charge in [0.25, 0.3) is 0 Å². The smallest absolute Gasteiger partial charge is 0.0926 e. The summed E-state index contributed by atoms with van der Waals surface area (Å²) in [6, 6.07) is 2.16. The summed E-state index contributed by atoms with van der Waals surface area (Å²) in [5.74, 6) is 0. The van der Waals surface area contributed by atoms with Gasteiger partial charge in [-0.05, 0) is 6.07 Å². The molecule has 0 saturated carbocycles. The van der Waals surface area contributed by atoms with Crippen molar-refractivity contribution < 1.29 is 5.11 Å². The Bertz CT molecular complexity index is 665. The van der Waals surface area contributed by atoms with E-state index in [2.05, 4.69) is 47.0 Å². The molecule has 120 valence electrons. The average molecular weight is 303 g/mol. The first-order valence-electron chi connectivity index (χ1n) is 7.80. The molecule has 0 unspecified atom stereocenters. The zero-order valence-electron chi connectivity index (χ0n) is 13.8. The average Bonchev–Trinajstić information content (AvgIpc) is 3.04. The maximum atomic E-state index is 9.47. The van der Waals surface area contributed by atoms with Crippen LogP contribution in [-0.2, 0) is 38.6 Å². The maximum Gasteiger partial charge on any atom is 0.0926 e. The highest BCUT2D eigenvalue weighted by Crippen LogP contribution is 2.24. The molecule has 0 atom stereocenters. The Morgan fingerprint density at radius 3 is 2.77 bits per heavy atom. The number of aliphatic hydroxyl groups is 1. The first-order chi connectivity index (χ1) is 10.4. The minimum atomic E-state index is 0.00917. The van der Waals surface area contributed by atoms with Crippen molar-refractivity contribution >= 4 is 0 Å². The zero-order valence-corrected chi connectivity index (χ0v) is 13.8. The van der Waals surface area contributed by atoms with Crippen molar-refractivity contribution in [3.63, 3.8) is 0 Å². The van der Waals surface area contributed by atoms with Crippen molar-refractivity contribution in [3.8, 4) is 0 Å². The van der Waals surface area contributed by atoms with Gasteiger partial charge in [0.05, 0.1) is 18.0 Å². The molecule has 22 heavy (non-hydrogen) atoms. The molecule has 2 aromatic heterocycles. The van der Waals surface area contributed by atoms with E-state index in [9.17, 15) is 5.11 Å². The summed E-state index contributed by atoms with van der Waals surface area (Å²) >= 11 is 0. The van der Waals surface area contributed by atoms with E-state index in [1.54, 1.807) is 0 Å². The zero-order chi connectivity index (χ0) is 15.9. The molecule has 1 aliphatic heterocycles. The first kappa shape index (κ1) is 15.2. The number of nitrogens with zero attached hydrogens (tertiary/aromatic N) is 4. The van der Waals surface area contributed by atoms with Gasteiger partial charge >= 0.3 is 0 Å². The van der Waals surface area contributed by atoms with Crippen LogP contribution in [0.3, 0.4) is 0 Å². The van der Waals surface area contributed by atoms with Crippen LogP contribution in [0.4, 0.5) is 0 Å². The third-order valence-corrected chi connectivity index (χ3v) is 4.35. The maximum absolute atomic E-state index is 9.47. The number of aliphatic hydroxyl groups excluding tert-OH is 1. The number of H-pyrrole nitrogens is 1. The van der Waals surface area contributed by atoms with E-state index in [0.29, 0.717) is 0 Å². The van der Waals surface area contributed by atoms with Gasteiger partial charge in [-0.25, -0.2) is 0 Å². The fourth-order valence-corrected chi connectivity index (χ4v) is 3.06. The van der Waals surface area contributed by atoms with Crippen LogP contribution in [0.1, 0.15) is 49.1 Å². The van der Waals surface area contributed by atoms with E-state index >= 15 is 0 Å². The first-order valence-corrected chi connectivity index (χ1v) is 7.80. The molecule has 3 heterocycles. The number of nitrogens with one attached hydrogen (secondary N) is 1. The largest absolute Gasteiger partial charge is 0.390 e. The third kappa shape index (κ3) is 2.80. The van der Waals surface area contributed by atoms with E-state index < -0.39 is 0 Å². The van der Waals surface area contributed by atoms with Gasteiger partial charge in [-0.3, -0.25) is 14.7 Å². The number of fused-ring (bicyclic) bond motifs is 1. The van der Waals surface area contributed by atoms with Crippen molar-refractivity contribution in [2.45, 2.75) is 52.3 Å². The van der Waals surface area contributed by atoms with Crippen LogP contribution in [0.15, 0.2) is 6.07 Å². The molecule has 3 rings (SSSR count). The molecule has 0 aliphatic carbocycles. The Balaban J connectivity index is 1.74. The van der Waals surface area contributed by atoms with Gasteiger partial charge in [0.2, 0.25) is 0 Å². The third-order valence-electron chi connectivity index (χ3n) is 4.35. The van der Waals surface area contributed by atoms with Crippen LogP contribution >= 0.6 is 0 Å². The van der Waals surface area contributed by atoms with Gasteiger partial charge in [0, 0.05) is 55.5 Å². The van der Waals surface area contributed by atoms with Gasteiger partial charge < -0.3 is 5.11 Å². The number of aryl methyl sites for hydroxylation is 1. The van der Waals surface area contributed by atoms with Crippen molar-refractivity contribution in [3.05, 3.63) is 34.4 Å². The lowest BCUT2D eigenvalue weighted by Gasteiger charge is -2.26. The van der Waals surface area contributed by atoms with Crippen molar-refractivity contribution in [2.24, 2.45) is 7.05 Å². The van der Waals surface area contributed by atoms with E-state index in [4.69, 9.17) is 0 Å². The summed E-state index contributed by atoms with van der Waals surface area (Å²) < 4.78 is 1.91. The molecule has 0 saturated heterocycles. The molecule has 1 aliphatic rings. The molecule has 6 nitrogen and oxygen atoms in total. The second-order valence-corrected chi connectivity index (χ2v) is 7.14. The molecule has 2 N–H and O–H groups in total. The fraction of sp³-hybridized carbons (Fsp3) is 0.625. The van der Waals surface area contributed by atoms with Crippen LogP contribution in [0.25, 0.3) is 0 Å². The van der Waals surface area contributed by atoms with Gasteiger partial charge in [-0.2, -0.15) is 10.2 Å². The lowest BCUT2D eigenvalue weighted by atomic mass is 9.92. The van der Waals surface area contributed by atoms with E-state index in [0.717, 1.165) is 43.1 Å². The number of hydrogen-bond donors (Lipinski definition) is 2. The summed E-state index contributed by atoms with van der Waals surface area (Å²) in [6.07, 6.45) is 0.971. The number of aromatic amines is 1. The summed E-state index contributed by atoms with van der Waals surface area (Å²) in [6.45, 7) is 9.21. The molecular weight excluding hydrogens is 278 g/mol. The van der Waals surface area contributed by atoms with E-state index in [-0.39, 0.29) is 12.0 Å². The lowest BCUT2D eigenvalue weighted by molar-refractivity contribution is 0.234. The van der Waals surface area contributed by atoms with E-state index in [1.165, 1.54) is 11.3 Å². The highest BCUT2D eigenvalue weighted by atomic mass is 16.3. The topological polar surface area (TPSA) is 70.0 Å². The lowest BCUT2D eigenvalue weighted by Crippen LogP contribution is -2.31. The Morgan fingerprint density at radius 2 is 2.14 bits per heavy atom. The Labute approximate surface area is 131 Å². The number of rotatable bonds is 3. The molecule has 0 radical (unpaired) electrons. The van der Waals surface area contributed by atoms with E-state index in [1.807, 2.05) is 11.7 Å². The second-order valence-electron chi connectivity index (χ2n) is 7.14. The van der Waals surface area contributed by atoms with Gasteiger partial charge in [-0.1, -0.05) is 20.8 Å². The normalized spacial score (nSPS) is 16.0. The predicted molar refractivity (Wildman–Crippen MR) is 84.2 cm³/mol. The minimum absolute atomic E-state index is 0.00917. The van der Waals surface area contributed by atoms with Crippen molar-refractivity contribution in [2.75, 3.05) is 6.54 Å². The molecule has 0 spiro atoms. The summed E-state index contributed by atoms with van der Waals surface area (Å²) in [5, 5.41) is 21.5. The SMILES string of the molecule is Cn1nc(CO)c2c1CCN(Cc1cc(C(C)(C)C)n[nH]1)C2. The van der Waals surface area contributed by atoms with Gasteiger partial charge in [0.15, 0.2) is 0 Å². The van der Waals surface area contributed by atoms with Crippen LogP contribution in [0, 0.1) is 0 Å². The molecule has 0 amide bonds. The molecular formula is C16H25N5O. The highest BCUT2D eigenvalue weighted by Gasteiger charge is 2.24. The number of aromatic nitrogens is 4. The predicted octanol–water partition coefficient (Wildman–Crippen LogP) is 1.49. The van der Waals surface area contributed by atoms with Crippen LogP contribution in [0.2, 0.25) is 0 Å². The van der Waals surface area contributed by atoms with Crippen molar-refractivity contribution in [1.29, 1.82) is 0 Å². The van der Waals surface area contributed by atoms with Crippen LogP contribution in [-0.4, -0.2) is 36.5 Å². The van der Waals surface area contributed by atoms with Crippen LogP contribution in [0.5, 0.6) is 0 Å². The Morgan fingerprint density at radius 1 is 1.36 bits per heavy atom. The summed E-state index contributed by atoms with van der Waals surface area (Å²) in [5.41, 5.74) is 5.55. The molecule has 0 fully saturated rings. The minimum Gasteiger partial charge on any atom is -0.390 e. The standard InChI is InChI=1S/C16H25N5O/c1-16(2,3)15-7-11(17-18-15)8-21-6-5-14-12(9-21)13(10-22)19-20(14)4/h7,22H,5-6,8-10H2,1-4H3,(H,17,18). The Hall–Kier alpha value is -1.66. The van der Waals surface area contributed by atoms with Crippen LogP contribution < -0.4 is 0 Å². The Kier molecular flexibility index (Phi) is 3.82. The molecule has 0 bridgehead atoms. The highest BCUT2D eigenvalue weighted by molar-refractivity contribution is 5.28. The fourth-order valence-electron chi connectivity index (χ4n) is 3.06. The quantitative estimate of drug-likeness (QED) is 0.901. The second kappa shape index (κ2) is 5.52. The van der Waals surface area contributed by atoms with Crippen molar-refractivity contribution in [1.82, 2.24) is 24.9 Å². The molecule has 6 heteroatoms.